The number of nitrogens with one attached hydrogen (secondary N) is 1. The Kier molecular flexibility index (Phi) is 3.73. The van der Waals surface area contributed by atoms with Crippen LogP contribution in [-0.4, -0.2) is 20.4 Å². The lowest BCUT2D eigenvalue weighted by Crippen LogP contribution is -2.28. The summed E-state index contributed by atoms with van der Waals surface area (Å²) in [7, 11) is 1.61. The van der Waals surface area contributed by atoms with Crippen molar-refractivity contribution in [1.29, 1.82) is 0 Å². The molecule has 0 saturated heterocycles. The zero-order valence-corrected chi connectivity index (χ0v) is 14.4. The molecular weight excluding hydrogens is 328 g/mol. The standard InChI is InChI=1S/C20H16N4O2/c1-12-10-17(14-7-3-4-8-16(14)22-12)23-19(25)15-11-13-6-5-9-21-18(13)24(2)20(15)26/h3-11H,1-2H3,(H,22,23,25). The number of aromatic nitrogens is 3. The third-order valence-electron chi connectivity index (χ3n) is 4.31. The van der Waals surface area contributed by atoms with Gasteiger partial charge < -0.3 is 5.32 Å². The van der Waals surface area contributed by atoms with E-state index in [2.05, 4.69) is 15.3 Å². The van der Waals surface area contributed by atoms with Crippen LogP contribution in [-0.2, 0) is 7.05 Å². The van der Waals surface area contributed by atoms with Gasteiger partial charge >= 0.3 is 0 Å². The summed E-state index contributed by atoms with van der Waals surface area (Å²) < 4.78 is 1.39. The van der Waals surface area contributed by atoms with Crippen LogP contribution in [0.5, 0.6) is 0 Å². The summed E-state index contributed by atoms with van der Waals surface area (Å²) in [5.74, 6) is -0.452. The monoisotopic (exact) mass is 344 g/mol. The van der Waals surface area contributed by atoms with E-state index in [1.165, 1.54) is 4.57 Å². The van der Waals surface area contributed by atoms with Crippen LogP contribution in [0.3, 0.4) is 0 Å². The predicted octanol–water partition coefficient (Wildman–Crippen LogP) is 3.04. The average Bonchev–Trinajstić information content (AvgIpc) is 2.64. The summed E-state index contributed by atoms with van der Waals surface area (Å²) >= 11 is 0. The number of amides is 1. The predicted molar refractivity (Wildman–Crippen MR) is 101 cm³/mol. The number of nitrogens with zero attached hydrogens (tertiary/aromatic N) is 3. The highest BCUT2D eigenvalue weighted by atomic mass is 16.2. The van der Waals surface area contributed by atoms with Crippen LogP contribution in [0.15, 0.2) is 59.5 Å². The summed E-state index contributed by atoms with van der Waals surface area (Å²) in [5.41, 5.74) is 2.44. The van der Waals surface area contributed by atoms with Crippen molar-refractivity contribution < 1.29 is 4.79 Å². The number of benzene rings is 1. The Labute approximate surface area is 149 Å². The number of aryl methyl sites for hydroxylation is 2. The molecule has 4 rings (SSSR count). The largest absolute Gasteiger partial charge is 0.321 e. The molecule has 0 spiro atoms. The molecule has 3 heterocycles. The average molecular weight is 344 g/mol. The molecule has 0 radical (unpaired) electrons. The Morgan fingerprint density at radius 2 is 1.92 bits per heavy atom. The number of fused-ring (bicyclic) bond motifs is 2. The van der Waals surface area contributed by atoms with Gasteiger partial charge in [-0.2, -0.15) is 0 Å². The molecule has 0 saturated carbocycles. The van der Waals surface area contributed by atoms with Crippen LogP contribution in [0.4, 0.5) is 5.69 Å². The van der Waals surface area contributed by atoms with Gasteiger partial charge in [-0.05, 0) is 37.3 Å². The smallest absolute Gasteiger partial charge is 0.264 e. The zero-order chi connectivity index (χ0) is 18.3. The highest BCUT2D eigenvalue weighted by Crippen LogP contribution is 2.23. The van der Waals surface area contributed by atoms with Gasteiger partial charge in [-0.15, -0.1) is 0 Å². The molecule has 3 aromatic heterocycles. The van der Waals surface area contributed by atoms with Gasteiger partial charge in [0.15, 0.2) is 0 Å². The van der Waals surface area contributed by atoms with Gasteiger partial charge in [0.1, 0.15) is 11.2 Å². The maximum atomic E-state index is 12.8. The number of carbonyl (C=O) groups excluding carboxylic acids is 1. The lowest BCUT2D eigenvalue weighted by Gasteiger charge is -2.11. The van der Waals surface area contributed by atoms with Crippen molar-refractivity contribution >= 4 is 33.5 Å². The van der Waals surface area contributed by atoms with Gasteiger partial charge in [0, 0.05) is 29.7 Å². The van der Waals surface area contributed by atoms with E-state index < -0.39 is 5.91 Å². The van der Waals surface area contributed by atoms with E-state index in [-0.39, 0.29) is 11.1 Å². The minimum Gasteiger partial charge on any atom is -0.321 e. The number of carbonyl (C=O) groups is 1. The molecule has 0 bridgehead atoms. The molecule has 0 aliphatic rings. The molecule has 1 amide bonds. The molecule has 26 heavy (non-hydrogen) atoms. The number of para-hydroxylation sites is 1. The number of anilines is 1. The number of hydrogen-bond acceptors (Lipinski definition) is 4. The van der Waals surface area contributed by atoms with Gasteiger partial charge in [0.05, 0.1) is 11.2 Å². The molecule has 0 unspecified atom stereocenters. The third kappa shape index (κ3) is 2.61. The fourth-order valence-electron chi connectivity index (χ4n) is 3.06. The summed E-state index contributed by atoms with van der Waals surface area (Å²) in [4.78, 5) is 34.1. The second-order valence-electron chi connectivity index (χ2n) is 6.12. The molecule has 0 fully saturated rings. The van der Waals surface area contributed by atoms with Gasteiger partial charge in [0.25, 0.3) is 11.5 Å². The van der Waals surface area contributed by atoms with Gasteiger partial charge in [-0.1, -0.05) is 18.2 Å². The second-order valence-corrected chi connectivity index (χ2v) is 6.12. The molecule has 1 N–H and O–H groups in total. The highest BCUT2D eigenvalue weighted by molar-refractivity contribution is 6.09. The second kappa shape index (κ2) is 6.07. The van der Waals surface area contributed by atoms with Crippen molar-refractivity contribution in [2.75, 3.05) is 5.32 Å². The minimum absolute atomic E-state index is 0.0755. The molecule has 6 nitrogen and oxygen atoms in total. The van der Waals surface area contributed by atoms with Gasteiger partial charge in [-0.3, -0.25) is 19.1 Å². The van der Waals surface area contributed by atoms with Crippen molar-refractivity contribution in [2.24, 2.45) is 7.05 Å². The lowest BCUT2D eigenvalue weighted by atomic mass is 10.1. The number of rotatable bonds is 2. The molecule has 1 aromatic carbocycles. The van der Waals surface area contributed by atoms with Crippen molar-refractivity contribution in [2.45, 2.75) is 6.92 Å². The Balaban J connectivity index is 1.82. The van der Waals surface area contributed by atoms with Crippen molar-refractivity contribution in [3.05, 3.63) is 76.3 Å². The third-order valence-corrected chi connectivity index (χ3v) is 4.31. The van der Waals surface area contributed by atoms with Crippen molar-refractivity contribution in [1.82, 2.24) is 14.5 Å². The minimum atomic E-state index is -0.452. The van der Waals surface area contributed by atoms with E-state index in [0.29, 0.717) is 11.3 Å². The Bertz CT molecular complexity index is 1230. The van der Waals surface area contributed by atoms with Crippen molar-refractivity contribution in [3.8, 4) is 0 Å². The van der Waals surface area contributed by atoms with E-state index in [0.717, 1.165) is 22.0 Å². The Morgan fingerprint density at radius 3 is 2.77 bits per heavy atom. The molecule has 0 atom stereocenters. The van der Waals surface area contributed by atoms with E-state index in [4.69, 9.17) is 0 Å². The molecule has 128 valence electrons. The normalized spacial score (nSPS) is 11.0. The van der Waals surface area contributed by atoms with Crippen LogP contribution in [0.25, 0.3) is 21.9 Å². The first-order chi connectivity index (χ1) is 12.5. The van der Waals surface area contributed by atoms with Crippen LogP contribution >= 0.6 is 0 Å². The number of hydrogen-bond donors (Lipinski definition) is 1. The van der Waals surface area contributed by atoms with E-state index in [9.17, 15) is 9.59 Å². The van der Waals surface area contributed by atoms with Crippen LogP contribution in [0.2, 0.25) is 0 Å². The van der Waals surface area contributed by atoms with E-state index in [1.54, 1.807) is 31.4 Å². The summed E-state index contributed by atoms with van der Waals surface area (Å²) in [6.45, 7) is 1.86. The summed E-state index contributed by atoms with van der Waals surface area (Å²) in [6.07, 6.45) is 1.62. The molecule has 6 heteroatoms. The van der Waals surface area contributed by atoms with Gasteiger partial charge in [0.2, 0.25) is 0 Å². The number of pyridine rings is 3. The molecule has 0 aliphatic heterocycles. The highest BCUT2D eigenvalue weighted by Gasteiger charge is 2.16. The first kappa shape index (κ1) is 16.0. The first-order valence-electron chi connectivity index (χ1n) is 8.17. The summed E-state index contributed by atoms with van der Waals surface area (Å²) in [5, 5.41) is 4.42. The van der Waals surface area contributed by atoms with E-state index >= 15 is 0 Å². The fraction of sp³-hybridized carbons (Fsp3) is 0.100. The Morgan fingerprint density at radius 1 is 1.12 bits per heavy atom. The lowest BCUT2D eigenvalue weighted by molar-refractivity contribution is 0.102. The quantitative estimate of drug-likeness (QED) is 0.606. The SMILES string of the molecule is Cc1cc(NC(=O)c2cc3cccnc3n(C)c2=O)c2ccccc2n1. The fourth-order valence-corrected chi connectivity index (χ4v) is 3.06. The van der Waals surface area contributed by atoms with E-state index in [1.807, 2.05) is 37.3 Å². The maximum absolute atomic E-state index is 12.8. The first-order valence-corrected chi connectivity index (χ1v) is 8.17. The maximum Gasteiger partial charge on any atom is 0.264 e. The van der Waals surface area contributed by atoms with Crippen LogP contribution in [0, 0.1) is 6.92 Å². The molecule has 4 aromatic rings. The summed E-state index contributed by atoms with van der Waals surface area (Å²) in [6, 6.07) is 14.5. The molecular formula is C20H16N4O2. The van der Waals surface area contributed by atoms with Crippen molar-refractivity contribution in [3.63, 3.8) is 0 Å². The van der Waals surface area contributed by atoms with Crippen LogP contribution < -0.4 is 10.9 Å². The molecule has 0 aliphatic carbocycles. The van der Waals surface area contributed by atoms with Gasteiger partial charge in [-0.25, -0.2) is 4.98 Å². The zero-order valence-electron chi connectivity index (χ0n) is 14.4. The Hall–Kier alpha value is -3.54. The van der Waals surface area contributed by atoms with Crippen LogP contribution in [0.1, 0.15) is 16.1 Å². The topological polar surface area (TPSA) is 76.9 Å².